The van der Waals surface area contributed by atoms with Crippen LogP contribution >= 0.6 is 11.8 Å². The molecule has 7 heteroatoms. The zero-order valence-corrected chi connectivity index (χ0v) is 14.6. The van der Waals surface area contributed by atoms with Crippen molar-refractivity contribution >= 4 is 23.5 Å². The second kappa shape index (κ2) is 7.77. The number of aryl methyl sites for hydroxylation is 1. The number of carbonyl (C=O) groups excluding carboxylic acids is 2. The number of carbonyl (C=O) groups is 2. The van der Waals surface area contributed by atoms with E-state index in [-0.39, 0.29) is 23.5 Å². The molecule has 6 nitrogen and oxygen atoms in total. The van der Waals surface area contributed by atoms with Crippen molar-refractivity contribution < 1.29 is 9.59 Å². The zero-order chi connectivity index (χ0) is 17.0. The smallest absolute Gasteiger partial charge is 0.346 e. The first-order chi connectivity index (χ1) is 10.9. The van der Waals surface area contributed by atoms with Crippen LogP contribution in [0.25, 0.3) is 0 Å². The lowest BCUT2D eigenvalue weighted by atomic mass is 9.86. The summed E-state index contributed by atoms with van der Waals surface area (Å²) in [4.78, 5) is 41.7. The van der Waals surface area contributed by atoms with Gasteiger partial charge in [0.2, 0.25) is 5.91 Å². The van der Waals surface area contributed by atoms with Gasteiger partial charge in [-0.05, 0) is 32.6 Å². The summed E-state index contributed by atoms with van der Waals surface area (Å²) < 4.78 is 0. The molecule has 2 N–H and O–H groups in total. The van der Waals surface area contributed by atoms with Crippen LogP contribution in [0, 0.1) is 12.8 Å². The Morgan fingerprint density at radius 2 is 2.04 bits per heavy atom. The largest absolute Gasteiger partial charge is 0.352 e. The van der Waals surface area contributed by atoms with Crippen molar-refractivity contribution in [3.8, 4) is 0 Å². The summed E-state index contributed by atoms with van der Waals surface area (Å²) in [5.74, 6) is 0.391. The number of Topliss-reactive ketones (excluding diaryl/α,β-unsaturated/α-hetero) is 1. The second-order valence-corrected chi connectivity index (χ2v) is 7.09. The van der Waals surface area contributed by atoms with Crippen molar-refractivity contribution in [2.24, 2.45) is 5.92 Å². The Labute approximate surface area is 139 Å². The molecule has 0 aromatic carbocycles. The van der Waals surface area contributed by atoms with Crippen molar-refractivity contribution in [3.05, 3.63) is 21.7 Å². The maximum Gasteiger partial charge on any atom is 0.346 e. The molecular weight excluding hydrogens is 314 g/mol. The van der Waals surface area contributed by atoms with Crippen LogP contribution in [0.5, 0.6) is 0 Å². The molecule has 0 saturated heterocycles. The van der Waals surface area contributed by atoms with E-state index in [1.807, 2.05) is 0 Å². The summed E-state index contributed by atoms with van der Waals surface area (Å²) in [7, 11) is 0. The van der Waals surface area contributed by atoms with E-state index in [0.29, 0.717) is 22.2 Å². The fraction of sp³-hybridized carbons (Fsp3) is 0.625. The molecule has 0 aliphatic heterocycles. The minimum absolute atomic E-state index is 0.0806. The number of hydrogen-bond acceptors (Lipinski definition) is 5. The number of aromatic amines is 1. The fourth-order valence-corrected chi connectivity index (χ4v) is 3.93. The van der Waals surface area contributed by atoms with Crippen molar-refractivity contribution in [1.82, 2.24) is 15.3 Å². The highest BCUT2D eigenvalue weighted by molar-refractivity contribution is 8.00. The van der Waals surface area contributed by atoms with E-state index >= 15 is 0 Å². The summed E-state index contributed by atoms with van der Waals surface area (Å²) >= 11 is 1.14. The molecule has 2 rings (SSSR count). The van der Waals surface area contributed by atoms with E-state index in [2.05, 4.69) is 22.2 Å². The molecule has 1 amide bonds. The lowest BCUT2D eigenvalue weighted by Crippen LogP contribution is -2.41. The Morgan fingerprint density at radius 3 is 2.70 bits per heavy atom. The number of ketones is 1. The number of H-pyrrole nitrogens is 1. The monoisotopic (exact) mass is 337 g/mol. The topological polar surface area (TPSA) is 91.9 Å². The Balaban J connectivity index is 2.01. The van der Waals surface area contributed by atoms with Gasteiger partial charge in [0.15, 0.2) is 5.78 Å². The molecule has 23 heavy (non-hydrogen) atoms. The molecule has 1 aliphatic rings. The summed E-state index contributed by atoms with van der Waals surface area (Å²) in [6, 6.07) is 0.220. The van der Waals surface area contributed by atoms with E-state index in [0.717, 1.165) is 31.0 Å². The van der Waals surface area contributed by atoms with Gasteiger partial charge in [0, 0.05) is 11.7 Å². The van der Waals surface area contributed by atoms with Gasteiger partial charge in [-0.1, -0.05) is 31.5 Å². The summed E-state index contributed by atoms with van der Waals surface area (Å²) in [5, 5.41) is 3.38. The standard InChI is InChI=1S/C16H23N3O3S/c1-9-6-4-5-7-12(9)18-13(21)8-23-15-14(11(3)20)10(2)17-16(22)19-15/h9,12H,4-8H2,1-3H3,(H,18,21)(H,17,19,22)/t9-,12-/m0/s1. The third-order valence-electron chi connectivity index (χ3n) is 4.24. The highest BCUT2D eigenvalue weighted by atomic mass is 32.2. The van der Waals surface area contributed by atoms with Crippen LogP contribution in [0.3, 0.4) is 0 Å². The molecule has 1 aliphatic carbocycles. The predicted molar refractivity (Wildman–Crippen MR) is 89.9 cm³/mol. The van der Waals surface area contributed by atoms with Crippen LogP contribution in [-0.2, 0) is 4.79 Å². The van der Waals surface area contributed by atoms with E-state index in [9.17, 15) is 14.4 Å². The molecule has 1 heterocycles. The minimum Gasteiger partial charge on any atom is -0.352 e. The van der Waals surface area contributed by atoms with Crippen LogP contribution in [0.1, 0.15) is 55.6 Å². The summed E-state index contributed by atoms with van der Waals surface area (Å²) in [5.41, 5.74) is 0.367. The number of rotatable bonds is 5. The third-order valence-corrected chi connectivity index (χ3v) is 5.21. The quantitative estimate of drug-likeness (QED) is 0.487. The van der Waals surface area contributed by atoms with Crippen molar-refractivity contribution in [2.45, 2.75) is 57.5 Å². The maximum absolute atomic E-state index is 12.2. The number of amides is 1. The molecule has 1 aromatic rings. The van der Waals surface area contributed by atoms with Crippen LogP contribution in [0.2, 0.25) is 0 Å². The molecule has 126 valence electrons. The molecule has 0 spiro atoms. The number of nitrogens with one attached hydrogen (secondary N) is 2. The van der Waals surface area contributed by atoms with E-state index in [1.54, 1.807) is 6.92 Å². The van der Waals surface area contributed by atoms with Gasteiger partial charge in [-0.15, -0.1) is 0 Å². The molecule has 0 bridgehead atoms. The Kier molecular flexibility index (Phi) is 5.98. The highest BCUT2D eigenvalue weighted by Gasteiger charge is 2.23. The van der Waals surface area contributed by atoms with Gasteiger partial charge in [0.05, 0.1) is 11.3 Å². The molecule has 0 radical (unpaired) electrons. The molecule has 1 fully saturated rings. The average molecular weight is 337 g/mol. The highest BCUT2D eigenvalue weighted by Crippen LogP contribution is 2.25. The van der Waals surface area contributed by atoms with E-state index in [4.69, 9.17) is 0 Å². The first-order valence-electron chi connectivity index (χ1n) is 7.92. The lowest BCUT2D eigenvalue weighted by molar-refractivity contribution is -0.119. The Hall–Kier alpha value is -1.63. The zero-order valence-electron chi connectivity index (χ0n) is 13.8. The van der Waals surface area contributed by atoms with Gasteiger partial charge in [-0.3, -0.25) is 9.59 Å². The first kappa shape index (κ1) is 17.7. The number of thioether (sulfide) groups is 1. The van der Waals surface area contributed by atoms with Crippen LogP contribution < -0.4 is 11.0 Å². The fourth-order valence-electron chi connectivity index (χ4n) is 2.99. The van der Waals surface area contributed by atoms with Crippen LogP contribution in [0.15, 0.2) is 9.82 Å². The van der Waals surface area contributed by atoms with Crippen LogP contribution in [0.4, 0.5) is 0 Å². The predicted octanol–water partition coefficient (Wildman–Crippen LogP) is 2.07. The molecule has 1 saturated carbocycles. The van der Waals surface area contributed by atoms with Crippen molar-refractivity contribution in [2.75, 3.05) is 5.75 Å². The van der Waals surface area contributed by atoms with Crippen molar-refractivity contribution in [1.29, 1.82) is 0 Å². The molecule has 1 aromatic heterocycles. The number of hydrogen-bond donors (Lipinski definition) is 2. The van der Waals surface area contributed by atoms with Gasteiger partial charge in [0.1, 0.15) is 5.03 Å². The van der Waals surface area contributed by atoms with Crippen molar-refractivity contribution in [3.63, 3.8) is 0 Å². The van der Waals surface area contributed by atoms with E-state index < -0.39 is 5.69 Å². The number of aromatic nitrogens is 2. The second-order valence-electron chi connectivity index (χ2n) is 6.13. The lowest BCUT2D eigenvalue weighted by Gasteiger charge is -2.29. The van der Waals surface area contributed by atoms with Gasteiger partial charge >= 0.3 is 5.69 Å². The average Bonchev–Trinajstić information content (AvgIpc) is 2.46. The minimum atomic E-state index is -0.503. The van der Waals surface area contributed by atoms with Gasteiger partial charge in [-0.2, -0.15) is 4.98 Å². The third kappa shape index (κ3) is 4.67. The van der Waals surface area contributed by atoms with Gasteiger partial charge in [0.25, 0.3) is 0 Å². The van der Waals surface area contributed by atoms with Gasteiger partial charge < -0.3 is 10.3 Å². The molecular formula is C16H23N3O3S. The summed E-state index contributed by atoms with van der Waals surface area (Å²) in [6.07, 6.45) is 4.52. The van der Waals surface area contributed by atoms with Gasteiger partial charge in [-0.25, -0.2) is 4.79 Å². The normalized spacial score (nSPS) is 21.0. The molecule has 0 unspecified atom stereocenters. The van der Waals surface area contributed by atoms with E-state index in [1.165, 1.54) is 13.3 Å². The first-order valence-corrected chi connectivity index (χ1v) is 8.91. The SMILES string of the molecule is CC(=O)c1c(SCC(=O)N[C@H]2CCCC[C@@H]2C)nc(=O)[nH]c1C. The van der Waals surface area contributed by atoms with Crippen LogP contribution in [-0.4, -0.2) is 33.5 Å². The molecule has 2 atom stereocenters. The summed E-state index contributed by atoms with van der Waals surface area (Å²) in [6.45, 7) is 5.25. The number of nitrogens with zero attached hydrogens (tertiary/aromatic N) is 1. The Bertz CT molecular complexity index is 656. The Morgan fingerprint density at radius 1 is 1.35 bits per heavy atom. The maximum atomic E-state index is 12.2.